The number of fused-ring (bicyclic) bond motifs is 1. The van der Waals surface area contributed by atoms with E-state index >= 15 is 0 Å². The minimum atomic E-state index is -0.513. The highest BCUT2D eigenvalue weighted by Gasteiger charge is 2.13. The predicted octanol–water partition coefficient (Wildman–Crippen LogP) is 7.86. The number of ether oxygens (including phenoxy) is 3. The fraction of sp³-hybridized carbons (Fsp3) is 0.111. The predicted molar refractivity (Wildman–Crippen MR) is 165 cm³/mol. The van der Waals surface area contributed by atoms with Crippen LogP contribution in [-0.4, -0.2) is 13.0 Å². The molecule has 0 bridgehead atoms. The quantitative estimate of drug-likeness (QED) is 0.140. The van der Waals surface area contributed by atoms with Gasteiger partial charge in [-0.2, -0.15) is 5.26 Å². The zero-order chi connectivity index (χ0) is 29.3. The lowest BCUT2D eigenvalue weighted by Gasteiger charge is -2.14. The lowest BCUT2D eigenvalue weighted by molar-refractivity contribution is -0.112. The summed E-state index contributed by atoms with van der Waals surface area (Å²) in [5.41, 5.74) is 4.47. The fourth-order valence-electron chi connectivity index (χ4n) is 4.57. The van der Waals surface area contributed by atoms with Crippen molar-refractivity contribution in [1.29, 1.82) is 5.26 Å². The largest absolute Gasteiger partial charge is 0.493 e. The van der Waals surface area contributed by atoms with Crippen molar-refractivity contribution < 1.29 is 19.0 Å². The van der Waals surface area contributed by atoms with E-state index < -0.39 is 5.91 Å². The molecule has 0 saturated carbocycles. The van der Waals surface area contributed by atoms with Gasteiger partial charge in [-0.05, 0) is 76.9 Å². The van der Waals surface area contributed by atoms with E-state index in [1.54, 1.807) is 49.6 Å². The normalized spacial score (nSPS) is 11.0. The lowest BCUT2D eigenvalue weighted by atomic mass is 10.0. The van der Waals surface area contributed by atoms with E-state index in [4.69, 9.17) is 14.2 Å². The molecule has 0 saturated heterocycles. The second kappa shape index (κ2) is 13.2. The number of benzene rings is 5. The highest BCUT2D eigenvalue weighted by Crippen LogP contribution is 2.31. The Bertz CT molecular complexity index is 1770. The summed E-state index contributed by atoms with van der Waals surface area (Å²) >= 11 is 0. The molecular weight excluding hydrogens is 524 g/mol. The summed E-state index contributed by atoms with van der Waals surface area (Å²) in [5.74, 6) is 1.24. The van der Waals surface area contributed by atoms with Gasteiger partial charge in [0, 0.05) is 11.3 Å². The van der Waals surface area contributed by atoms with E-state index in [0.717, 1.165) is 27.5 Å². The third kappa shape index (κ3) is 6.78. The van der Waals surface area contributed by atoms with Gasteiger partial charge in [0.25, 0.3) is 5.91 Å². The molecule has 6 nitrogen and oxygen atoms in total. The molecule has 5 rings (SSSR count). The van der Waals surface area contributed by atoms with Gasteiger partial charge in [0.1, 0.15) is 30.6 Å². The van der Waals surface area contributed by atoms with Gasteiger partial charge >= 0.3 is 0 Å². The smallest absolute Gasteiger partial charge is 0.266 e. The monoisotopic (exact) mass is 554 g/mol. The summed E-state index contributed by atoms with van der Waals surface area (Å²) < 4.78 is 17.5. The first-order valence-electron chi connectivity index (χ1n) is 13.5. The Morgan fingerprint density at radius 3 is 2.36 bits per heavy atom. The fourth-order valence-corrected chi connectivity index (χ4v) is 4.57. The maximum Gasteiger partial charge on any atom is 0.266 e. The van der Waals surface area contributed by atoms with E-state index in [2.05, 4.69) is 36.5 Å². The van der Waals surface area contributed by atoms with Gasteiger partial charge in [0.2, 0.25) is 0 Å². The third-order valence-electron chi connectivity index (χ3n) is 6.87. The molecule has 0 aliphatic carbocycles. The van der Waals surface area contributed by atoms with Gasteiger partial charge in [-0.1, -0.05) is 72.8 Å². The molecule has 208 valence electrons. The topological polar surface area (TPSA) is 80.6 Å². The summed E-state index contributed by atoms with van der Waals surface area (Å²) in [6, 6.07) is 36.6. The van der Waals surface area contributed by atoms with Crippen molar-refractivity contribution >= 4 is 28.4 Å². The van der Waals surface area contributed by atoms with Crippen LogP contribution in [0.5, 0.6) is 17.2 Å². The van der Waals surface area contributed by atoms with Crippen LogP contribution in [0.4, 0.5) is 5.69 Å². The van der Waals surface area contributed by atoms with Gasteiger partial charge in [0.05, 0.1) is 7.11 Å². The van der Waals surface area contributed by atoms with Crippen molar-refractivity contribution in [2.45, 2.75) is 20.1 Å². The lowest BCUT2D eigenvalue weighted by Crippen LogP contribution is -2.13. The second-order valence-corrected chi connectivity index (χ2v) is 9.70. The van der Waals surface area contributed by atoms with Crippen molar-refractivity contribution in [2.75, 3.05) is 12.4 Å². The average molecular weight is 555 g/mol. The van der Waals surface area contributed by atoms with Gasteiger partial charge in [-0.3, -0.25) is 4.79 Å². The zero-order valence-electron chi connectivity index (χ0n) is 23.5. The molecule has 0 aliphatic heterocycles. The summed E-state index contributed by atoms with van der Waals surface area (Å²) in [7, 11) is 1.56. The Kier molecular flexibility index (Phi) is 8.81. The van der Waals surface area contributed by atoms with Gasteiger partial charge < -0.3 is 19.5 Å². The number of hydrogen-bond donors (Lipinski definition) is 1. The van der Waals surface area contributed by atoms with Crippen molar-refractivity contribution in [1.82, 2.24) is 0 Å². The van der Waals surface area contributed by atoms with Crippen LogP contribution in [0, 0.1) is 18.3 Å². The molecule has 1 N–H and O–H groups in total. The average Bonchev–Trinajstić information content (AvgIpc) is 3.03. The number of carbonyl (C=O) groups excluding carboxylic acids is 1. The first-order valence-corrected chi connectivity index (χ1v) is 13.5. The van der Waals surface area contributed by atoms with Gasteiger partial charge in [-0.25, -0.2) is 0 Å². The van der Waals surface area contributed by atoms with E-state index in [0.29, 0.717) is 41.7 Å². The molecular formula is C36H30N2O4. The first kappa shape index (κ1) is 28.0. The van der Waals surface area contributed by atoms with Crippen LogP contribution in [0.15, 0.2) is 115 Å². The molecule has 0 fully saturated rings. The van der Waals surface area contributed by atoms with Crippen molar-refractivity contribution in [3.8, 4) is 23.3 Å². The Balaban J connectivity index is 1.24. The number of hydrogen-bond acceptors (Lipinski definition) is 5. The third-order valence-corrected chi connectivity index (χ3v) is 6.87. The highest BCUT2D eigenvalue weighted by molar-refractivity contribution is 6.09. The van der Waals surface area contributed by atoms with Crippen LogP contribution < -0.4 is 19.5 Å². The van der Waals surface area contributed by atoms with Crippen LogP contribution in [0.1, 0.15) is 22.3 Å². The number of nitrogens with one attached hydrogen (secondary N) is 1. The van der Waals surface area contributed by atoms with Crippen LogP contribution in [-0.2, 0) is 18.0 Å². The Morgan fingerprint density at radius 2 is 1.60 bits per heavy atom. The van der Waals surface area contributed by atoms with Crippen molar-refractivity contribution in [3.05, 3.63) is 137 Å². The zero-order valence-corrected chi connectivity index (χ0v) is 23.5. The number of carbonyl (C=O) groups is 1. The number of aryl methyl sites for hydroxylation is 1. The summed E-state index contributed by atoms with van der Waals surface area (Å²) in [4.78, 5) is 12.9. The van der Waals surface area contributed by atoms with Crippen molar-refractivity contribution in [3.63, 3.8) is 0 Å². The Morgan fingerprint density at radius 1 is 0.833 bits per heavy atom. The number of nitrogens with zero attached hydrogens (tertiary/aromatic N) is 1. The molecule has 6 heteroatoms. The Labute approximate surface area is 245 Å². The molecule has 0 aliphatic rings. The number of methoxy groups -OCH3 is 1. The summed E-state index contributed by atoms with van der Waals surface area (Å²) in [5, 5.41) is 14.8. The van der Waals surface area contributed by atoms with Crippen LogP contribution in [0.25, 0.3) is 16.8 Å². The highest BCUT2D eigenvalue weighted by atomic mass is 16.5. The molecule has 0 atom stereocenters. The minimum Gasteiger partial charge on any atom is -0.493 e. The Hall–Kier alpha value is -5.54. The molecule has 1 amide bonds. The molecule has 0 heterocycles. The number of rotatable bonds is 10. The van der Waals surface area contributed by atoms with Crippen LogP contribution in [0.2, 0.25) is 0 Å². The minimum absolute atomic E-state index is 0.0403. The molecule has 0 spiro atoms. The molecule has 0 aromatic heterocycles. The van der Waals surface area contributed by atoms with Crippen LogP contribution >= 0.6 is 0 Å². The van der Waals surface area contributed by atoms with E-state index in [9.17, 15) is 10.1 Å². The maximum absolute atomic E-state index is 12.9. The van der Waals surface area contributed by atoms with Gasteiger partial charge in [0.15, 0.2) is 11.5 Å². The molecule has 42 heavy (non-hydrogen) atoms. The SMILES string of the molecule is COc1cc(/C=C(\C#N)C(=O)Nc2ccc(OCc3ccccc3)cc2)ccc1OCc1c(C)ccc2ccccc12. The molecule has 5 aromatic rings. The van der Waals surface area contributed by atoms with E-state index in [-0.39, 0.29) is 5.57 Å². The second-order valence-electron chi connectivity index (χ2n) is 9.70. The summed E-state index contributed by atoms with van der Waals surface area (Å²) in [6.07, 6.45) is 1.52. The van der Waals surface area contributed by atoms with Gasteiger partial charge in [-0.15, -0.1) is 0 Å². The van der Waals surface area contributed by atoms with E-state index in [1.807, 2.05) is 48.5 Å². The summed E-state index contributed by atoms with van der Waals surface area (Å²) in [6.45, 7) is 2.89. The number of nitriles is 1. The molecule has 5 aromatic carbocycles. The number of amides is 1. The first-order chi connectivity index (χ1) is 20.5. The maximum atomic E-state index is 12.9. The van der Waals surface area contributed by atoms with Crippen LogP contribution in [0.3, 0.4) is 0 Å². The van der Waals surface area contributed by atoms with Crippen molar-refractivity contribution in [2.24, 2.45) is 0 Å². The number of anilines is 1. The molecule has 0 unspecified atom stereocenters. The standard InChI is InChI=1S/C36H30N2O4/c1-25-12-14-28-10-6-7-11-32(28)33(25)24-42-34-19-13-27(21-35(34)40-2)20-29(22-37)36(39)38-30-15-17-31(18-16-30)41-23-26-8-4-3-5-9-26/h3-21H,23-24H2,1-2H3,(H,38,39)/b29-20+. The molecule has 0 radical (unpaired) electrons. The van der Waals surface area contributed by atoms with E-state index in [1.165, 1.54) is 6.08 Å².